The van der Waals surface area contributed by atoms with E-state index in [0.717, 1.165) is 5.69 Å². The lowest BCUT2D eigenvalue weighted by Crippen LogP contribution is -2.31. The van der Waals surface area contributed by atoms with Crippen molar-refractivity contribution in [3.8, 4) is 0 Å². The minimum absolute atomic E-state index is 0.118. The third kappa shape index (κ3) is 4.39. The summed E-state index contributed by atoms with van der Waals surface area (Å²) in [7, 11) is 0. The Morgan fingerprint density at radius 1 is 1.27 bits per heavy atom. The van der Waals surface area contributed by atoms with Gasteiger partial charge >= 0.3 is 0 Å². The van der Waals surface area contributed by atoms with Crippen molar-refractivity contribution < 1.29 is 14.1 Å². The molecule has 0 aliphatic rings. The molecule has 0 unspecified atom stereocenters. The highest BCUT2D eigenvalue weighted by molar-refractivity contribution is 6.06. The van der Waals surface area contributed by atoms with Crippen LogP contribution in [0.4, 0.5) is 0 Å². The average molecular weight is 360 g/mol. The van der Waals surface area contributed by atoms with Gasteiger partial charge in [-0.05, 0) is 39.2 Å². The van der Waals surface area contributed by atoms with E-state index >= 15 is 0 Å². The minimum Gasteiger partial charge on any atom is -0.352 e. The van der Waals surface area contributed by atoms with Crippen LogP contribution < -0.4 is 5.32 Å². The number of carbonyl (C=O) groups is 2. The molecule has 0 atom stereocenters. The van der Waals surface area contributed by atoms with Gasteiger partial charge in [0.25, 0.3) is 11.6 Å². The molecule has 26 heavy (non-hydrogen) atoms. The van der Waals surface area contributed by atoms with Crippen LogP contribution in [0.5, 0.6) is 0 Å². The van der Waals surface area contributed by atoms with E-state index in [-0.39, 0.29) is 17.7 Å². The molecule has 0 saturated carbocycles. The fourth-order valence-corrected chi connectivity index (χ4v) is 2.86. The third-order valence-corrected chi connectivity index (χ3v) is 4.44. The molecule has 2 aromatic heterocycles. The van der Waals surface area contributed by atoms with Crippen LogP contribution in [0.1, 0.15) is 68.2 Å². The quantitative estimate of drug-likeness (QED) is 0.731. The Morgan fingerprint density at radius 2 is 1.96 bits per heavy atom. The van der Waals surface area contributed by atoms with Crippen LogP contribution in [0, 0.1) is 6.92 Å². The van der Waals surface area contributed by atoms with E-state index in [4.69, 9.17) is 4.52 Å². The van der Waals surface area contributed by atoms with Gasteiger partial charge in [0.15, 0.2) is 0 Å². The maximum atomic E-state index is 12.7. The predicted molar refractivity (Wildman–Crippen MR) is 100 cm³/mol. The molecule has 2 rings (SSSR count). The molecular weight excluding hydrogens is 332 g/mol. The van der Waals surface area contributed by atoms with Gasteiger partial charge in [-0.1, -0.05) is 19.0 Å². The molecule has 2 amide bonds. The van der Waals surface area contributed by atoms with Gasteiger partial charge in [-0.3, -0.25) is 9.59 Å². The third-order valence-electron chi connectivity index (χ3n) is 4.44. The number of fused-ring (bicyclic) bond motifs is 1. The summed E-state index contributed by atoms with van der Waals surface area (Å²) in [6.07, 6.45) is 1.03. The van der Waals surface area contributed by atoms with Gasteiger partial charge in [-0.25, -0.2) is 4.98 Å². The molecule has 2 aromatic rings. The zero-order chi connectivity index (χ0) is 19.3. The van der Waals surface area contributed by atoms with E-state index in [1.165, 1.54) is 0 Å². The number of rotatable bonds is 8. The molecule has 7 nitrogen and oxygen atoms in total. The predicted octanol–water partition coefficient (Wildman–Crippen LogP) is 3.03. The lowest BCUT2D eigenvalue weighted by molar-refractivity contribution is -0.130. The molecular formula is C19H28N4O3. The van der Waals surface area contributed by atoms with Crippen LogP contribution in [-0.2, 0) is 4.79 Å². The topological polar surface area (TPSA) is 88.3 Å². The fourth-order valence-electron chi connectivity index (χ4n) is 2.86. The SMILES string of the molecule is CCN(CC)C(=O)CCCNC(=O)c1cc(C(C)C)nc2onc(C)c12. The maximum absolute atomic E-state index is 12.7. The second-order valence-corrected chi connectivity index (χ2v) is 6.62. The Kier molecular flexibility index (Phi) is 6.71. The molecule has 0 aromatic carbocycles. The van der Waals surface area contributed by atoms with Gasteiger partial charge in [0.1, 0.15) is 0 Å². The second kappa shape index (κ2) is 8.78. The number of nitrogens with zero attached hydrogens (tertiary/aromatic N) is 3. The number of nitrogens with one attached hydrogen (secondary N) is 1. The van der Waals surface area contributed by atoms with E-state index in [1.807, 2.05) is 27.7 Å². The van der Waals surface area contributed by atoms with Gasteiger partial charge in [-0.2, -0.15) is 0 Å². The first kappa shape index (κ1) is 19.9. The lowest BCUT2D eigenvalue weighted by atomic mass is 10.0. The number of carbonyl (C=O) groups excluding carboxylic acids is 2. The van der Waals surface area contributed by atoms with E-state index in [2.05, 4.69) is 15.5 Å². The van der Waals surface area contributed by atoms with Gasteiger partial charge in [0, 0.05) is 31.7 Å². The van der Waals surface area contributed by atoms with Crippen molar-refractivity contribution in [3.05, 3.63) is 23.0 Å². The van der Waals surface area contributed by atoms with Crippen molar-refractivity contribution in [3.63, 3.8) is 0 Å². The first-order chi connectivity index (χ1) is 12.4. The summed E-state index contributed by atoms with van der Waals surface area (Å²) in [6, 6.07) is 1.80. The minimum atomic E-state index is -0.194. The average Bonchev–Trinajstić information content (AvgIpc) is 3.00. The largest absolute Gasteiger partial charge is 0.352 e. The Bertz CT molecular complexity index is 778. The first-order valence-corrected chi connectivity index (χ1v) is 9.21. The van der Waals surface area contributed by atoms with Crippen molar-refractivity contribution in [1.29, 1.82) is 0 Å². The van der Waals surface area contributed by atoms with Gasteiger partial charge in [0.05, 0.1) is 16.6 Å². The van der Waals surface area contributed by atoms with Crippen molar-refractivity contribution in [2.75, 3.05) is 19.6 Å². The van der Waals surface area contributed by atoms with Crippen LogP contribution in [-0.4, -0.2) is 46.5 Å². The van der Waals surface area contributed by atoms with Crippen molar-refractivity contribution >= 4 is 22.9 Å². The molecule has 0 aliphatic carbocycles. The monoisotopic (exact) mass is 360 g/mol. The highest BCUT2D eigenvalue weighted by Crippen LogP contribution is 2.25. The number of amides is 2. The number of pyridine rings is 1. The van der Waals surface area contributed by atoms with Crippen molar-refractivity contribution in [2.45, 2.75) is 53.4 Å². The Balaban J connectivity index is 2.05. The molecule has 2 heterocycles. The Morgan fingerprint density at radius 3 is 2.58 bits per heavy atom. The Hall–Kier alpha value is -2.44. The summed E-state index contributed by atoms with van der Waals surface area (Å²) in [4.78, 5) is 30.9. The van der Waals surface area contributed by atoms with Crippen LogP contribution >= 0.6 is 0 Å². The first-order valence-electron chi connectivity index (χ1n) is 9.21. The molecule has 0 bridgehead atoms. The maximum Gasteiger partial charge on any atom is 0.259 e. The van der Waals surface area contributed by atoms with E-state index < -0.39 is 0 Å². The van der Waals surface area contributed by atoms with E-state index in [0.29, 0.717) is 54.8 Å². The summed E-state index contributed by atoms with van der Waals surface area (Å²) in [6.45, 7) is 11.6. The Labute approximate surface area is 154 Å². The summed E-state index contributed by atoms with van der Waals surface area (Å²) in [5, 5.41) is 7.47. The molecule has 1 N–H and O–H groups in total. The fraction of sp³-hybridized carbons (Fsp3) is 0.579. The molecule has 0 aliphatic heterocycles. The second-order valence-electron chi connectivity index (χ2n) is 6.62. The summed E-state index contributed by atoms with van der Waals surface area (Å²) in [5.74, 6) is 0.0939. The van der Waals surface area contributed by atoms with E-state index in [1.54, 1.807) is 17.9 Å². The molecule has 0 spiro atoms. The number of hydrogen-bond acceptors (Lipinski definition) is 5. The van der Waals surface area contributed by atoms with Crippen molar-refractivity contribution in [2.24, 2.45) is 0 Å². The van der Waals surface area contributed by atoms with Crippen LogP contribution in [0.2, 0.25) is 0 Å². The van der Waals surface area contributed by atoms with Crippen LogP contribution in [0.3, 0.4) is 0 Å². The number of hydrogen-bond donors (Lipinski definition) is 1. The van der Waals surface area contributed by atoms with Crippen molar-refractivity contribution in [1.82, 2.24) is 20.4 Å². The molecule has 7 heteroatoms. The number of aromatic nitrogens is 2. The highest BCUT2D eigenvalue weighted by Gasteiger charge is 2.19. The van der Waals surface area contributed by atoms with Crippen LogP contribution in [0.15, 0.2) is 10.6 Å². The highest BCUT2D eigenvalue weighted by atomic mass is 16.5. The van der Waals surface area contributed by atoms with Gasteiger partial charge in [0.2, 0.25) is 5.91 Å². The molecule has 142 valence electrons. The smallest absolute Gasteiger partial charge is 0.259 e. The summed E-state index contributed by atoms with van der Waals surface area (Å²) >= 11 is 0. The normalized spacial score (nSPS) is 11.2. The number of aryl methyl sites for hydroxylation is 1. The molecule has 0 radical (unpaired) electrons. The standard InChI is InChI=1S/C19H28N4O3/c1-6-23(7-2)16(24)9-8-10-20-18(25)14-11-15(12(3)4)21-19-17(14)13(5)22-26-19/h11-12H,6-10H2,1-5H3,(H,20,25). The zero-order valence-corrected chi connectivity index (χ0v) is 16.3. The summed E-state index contributed by atoms with van der Waals surface area (Å²) < 4.78 is 5.25. The van der Waals surface area contributed by atoms with E-state index in [9.17, 15) is 9.59 Å². The molecule has 0 fully saturated rings. The van der Waals surface area contributed by atoms with Crippen LogP contribution in [0.25, 0.3) is 11.1 Å². The lowest BCUT2D eigenvalue weighted by Gasteiger charge is -2.18. The van der Waals surface area contributed by atoms with Gasteiger partial charge < -0.3 is 14.7 Å². The van der Waals surface area contributed by atoms with Gasteiger partial charge in [-0.15, -0.1) is 0 Å². The molecule has 0 saturated heterocycles. The summed E-state index contributed by atoms with van der Waals surface area (Å²) in [5.41, 5.74) is 2.34. The zero-order valence-electron chi connectivity index (χ0n) is 16.3.